The van der Waals surface area contributed by atoms with Crippen molar-refractivity contribution in [3.8, 4) is 0 Å². The van der Waals surface area contributed by atoms with Gasteiger partial charge in [-0.15, -0.1) is 11.8 Å². The quantitative estimate of drug-likeness (QED) is 0.785. The number of hydrogen-bond acceptors (Lipinski definition) is 6. The van der Waals surface area contributed by atoms with E-state index in [1.807, 2.05) is 11.8 Å². The van der Waals surface area contributed by atoms with Crippen molar-refractivity contribution in [2.24, 2.45) is 5.92 Å². The van der Waals surface area contributed by atoms with Crippen LogP contribution in [0.3, 0.4) is 0 Å². The molecule has 5 nitrogen and oxygen atoms in total. The van der Waals surface area contributed by atoms with Crippen LogP contribution >= 0.6 is 11.8 Å². The Bertz CT molecular complexity index is 767. The van der Waals surface area contributed by atoms with Gasteiger partial charge in [0.1, 0.15) is 5.50 Å². The molecule has 0 radical (unpaired) electrons. The summed E-state index contributed by atoms with van der Waals surface area (Å²) in [6.07, 6.45) is 2.73. The molecule has 0 aliphatic carbocycles. The molecule has 2 aromatic carbocycles. The zero-order valence-corrected chi connectivity index (χ0v) is 15.1. The molecule has 3 N–H and O–H groups in total. The number of rotatable bonds is 3. The number of nitrogens with one attached hydrogen (secondary N) is 3. The summed E-state index contributed by atoms with van der Waals surface area (Å²) in [5.74, 6) is 0.516. The van der Waals surface area contributed by atoms with E-state index in [2.05, 4.69) is 70.7 Å². The molecule has 25 heavy (non-hydrogen) atoms. The number of thioether (sulfide) groups is 1. The van der Waals surface area contributed by atoms with Gasteiger partial charge in [-0.1, -0.05) is 42.5 Å². The highest BCUT2D eigenvalue weighted by Gasteiger charge is 2.47. The average Bonchev–Trinajstić information content (AvgIpc) is 3.31. The molecule has 3 saturated heterocycles. The maximum absolute atomic E-state index is 5.77. The van der Waals surface area contributed by atoms with Crippen LogP contribution in [0, 0.1) is 5.92 Å². The van der Waals surface area contributed by atoms with E-state index in [0.29, 0.717) is 17.4 Å². The van der Waals surface area contributed by atoms with Gasteiger partial charge in [-0.3, -0.25) is 0 Å². The van der Waals surface area contributed by atoms with Crippen LogP contribution in [0.15, 0.2) is 42.5 Å². The predicted octanol–water partition coefficient (Wildman–Crippen LogP) is 2.40. The van der Waals surface area contributed by atoms with Crippen molar-refractivity contribution in [2.75, 3.05) is 6.61 Å². The van der Waals surface area contributed by atoms with E-state index in [4.69, 9.17) is 4.74 Å². The molecule has 3 aliphatic rings. The minimum atomic E-state index is 0.276. The molecule has 6 heteroatoms. The van der Waals surface area contributed by atoms with Crippen molar-refractivity contribution in [1.29, 1.82) is 0 Å². The first-order valence-electron chi connectivity index (χ1n) is 9.09. The first kappa shape index (κ1) is 16.1. The van der Waals surface area contributed by atoms with E-state index < -0.39 is 0 Å². The maximum Gasteiger partial charge on any atom is 0.136 e. The summed E-state index contributed by atoms with van der Waals surface area (Å²) in [4.78, 5) is 0. The Labute approximate surface area is 152 Å². The standard InChI is InChI=1S/C19H24N4OS/c1-12-15(9-10-24-12)18-20-21-19-23(18)22-17(25-19)11-14-7-4-6-13-5-2-3-8-16(13)14/h2-8,12,15,17-22H,9-11H2,1H3. The number of fused-ring (bicyclic) bond motifs is 2. The maximum atomic E-state index is 5.77. The summed E-state index contributed by atoms with van der Waals surface area (Å²) in [7, 11) is 0. The minimum Gasteiger partial charge on any atom is -0.378 e. The fourth-order valence-corrected chi connectivity index (χ4v) is 5.51. The smallest absolute Gasteiger partial charge is 0.136 e. The molecule has 5 unspecified atom stereocenters. The Morgan fingerprint density at radius 3 is 2.92 bits per heavy atom. The summed E-state index contributed by atoms with van der Waals surface area (Å²) < 4.78 is 5.77. The number of hydrogen-bond donors (Lipinski definition) is 3. The van der Waals surface area contributed by atoms with Gasteiger partial charge in [0.2, 0.25) is 0 Å². The molecular formula is C19H24N4OS. The molecule has 3 heterocycles. The van der Waals surface area contributed by atoms with E-state index in [0.717, 1.165) is 19.4 Å². The molecule has 0 aromatic heterocycles. The van der Waals surface area contributed by atoms with Crippen LogP contribution in [0.4, 0.5) is 0 Å². The van der Waals surface area contributed by atoms with Gasteiger partial charge in [-0.05, 0) is 36.1 Å². The van der Waals surface area contributed by atoms with Crippen molar-refractivity contribution in [2.45, 2.75) is 42.9 Å². The van der Waals surface area contributed by atoms with Crippen LogP contribution in [-0.4, -0.2) is 34.8 Å². The van der Waals surface area contributed by atoms with Crippen LogP contribution < -0.4 is 16.3 Å². The zero-order valence-electron chi connectivity index (χ0n) is 14.3. The third-order valence-electron chi connectivity index (χ3n) is 5.62. The van der Waals surface area contributed by atoms with Crippen molar-refractivity contribution in [3.63, 3.8) is 0 Å². The molecule has 0 bridgehead atoms. The van der Waals surface area contributed by atoms with Gasteiger partial charge in [0.05, 0.1) is 17.6 Å². The first-order valence-corrected chi connectivity index (χ1v) is 10.0. The lowest BCUT2D eigenvalue weighted by atomic mass is 9.99. The van der Waals surface area contributed by atoms with Crippen molar-refractivity contribution in [1.82, 2.24) is 21.3 Å². The summed E-state index contributed by atoms with van der Waals surface area (Å²) in [6.45, 7) is 3.05. The summed E-state index contributed by atoms with van der Waals surface area (Å²) >= 11 is 1.95. The fourth-order valence-electron chi connectivity index (χ4n) is 4.28. The highest BCUT2D eigenvalue weighted by Crippen LogP contribution is 2.36. The molecule has 3 fully saturated rings. The number of ether oxygens (including phenoxy) is 1. The van der Waals surface area contributed by atoms with Gasteiger partial charge in [0.25, 0.3) is 0 Å². The van der Waals surface area contributed by atoms with E-state index >= 15 is 0 Å². The SMILES string of the molecule is CC1OCCC1C1NNC2SC(Cc3cccc4ccccc34)NN21. The molecule has 0 amide bonds. The Hall–Kier alpha value is -1.15. The van der Waals surface area contributed by atoms with Gasteiger partial charge >= 0.3 is 0 Å². The highest BCUT2D eigenvalue weighted by molar-refractivity contribution is 8.00. The van der Waals surface area contributed by atoms with Crippen LogP contribution in [0.2, 0.25) is 0 Å². The van der Waals surface area contributed by atoms with Gasteiger partial charge in [-0.2, -0.15) is 5.01 Å². The van der Waals surface area contributed by atoms with Crippen molar-refractivity contribution < 1.29 is 4.74 Å². The van der Waals surface area contributed by atoms with Gasteiger partial charge < -0.3 is 4.74 Å². The average molecular weight is 356 g/mol. The normalized spacial score (nSPS) is 35.5. The topological polar surface area (TPSA) is 48.6 Å². The Morgan fingerprint density at radius 1 is 1.16 bits per heavy atom. The Morgan fingerprint density at radius 2 is 2.04 bits per heavy atom. The lowest BCUT2D eigenvalue weighted by molar-refractivity contribution is 0.0527. The van der Waals surface area contributed by atoms with E-state index in [1.165, 1.54) is 16.3 Å². The molecule has 5 atom stereocenters. The predicted molar refractivity (Wildman–Crippen MR) is 101 cm³/mol. The minimum absolute atomic E-state index is 0.276. The first-order chi connectivity index (χ1) is 12.3. The summed E-state index contributed by atoms with van der Waals surface area (Å²) in [5, 5.41) is 5.42. The van der Waals surface area contributed by atoms with Crippen LogP contribution in [0.1, 0.15) is 18.9 Å². The third-order valence-corrected chi connectivity index (χ3v) is 6.82. The Balaban J connectivity index is 1.32. The number of nitrogens with zero attached hydrogens (tertiary/aromatic N) is 1. The lowest BCUT2D eigenvalue weighted by Crippen LogP contribution is -2.51. The molecule has 132 valence electrons. The van der Waals surface area contributed by atoms with E-state index in [-0.39, 0.29) is 11.7 Å². The fraction of sp³-hybridized carbons (Fsp3) is 0.474. The molecule has 2 aromatic rings. The monoisotopic (exact) mass is 356 g/mol. The van der Waals surface area contributed by atoms with Gasteiger partial charge in [0, 0.05) is 12.5 Å². The lowest BCUT2D eigenvalue weighted by Gasteiger charge is -2.28. The molecule has 0 saturated carbocycles. The third kappa shape index (κ3) is 2.87. The molecule has 3 aliphatic heterocycles. The molecule has 0 spiro atoms. The van der Waals surface area contributed by atoms with E-state index in [9.17, 15) is 0 Å². The second-order valence-corrected chi connectivity index (χ2v) is 8.41. The van der Waals surface area contributed by atoms with E-state index in [1.54, 1.807) is 0 Å². The van der Waals surface area contributed by atoms with Crippen molar-refractivity contribution in [3.05, 3.63) is 48.0 Å². The van der Waals surface area contributed by atoms with Gasteiger partial charge in [-0.25, -0.2) is 16.3 Å². The second kappa shape index (κ2) is 6.54. The second-order valence-electron chi connectivity index (χ2n) is 7.12. The number of hydrazine groups is 2. The Kier molecular flexibility index (Phi) is 4.20. The van der Waals surface area contributed by atoms with Crippen molar-refractivity contribution >= 4 is 22.5 Å². The molecular weight excluding hydrogens is 332 g/mol. The molecule has 5 rings (SSSR count). The van der Waals surface area contributed by atoms with Crippen LogP contribution in [0.5, 0.6) is 0 Å². The summed E-state index contributed by atoms with van der Waals surface area (Å²) in [6, 6.07) is 15.3. The largest absolute Gasteiger partial charge is 0.378 e. The number of benzene rings is 2. The van der Waals surface area contributed by atoms with Crippen LogP contribution in [0.25, 0.3) is 10.8 Å². The highest BCUT2D eigenvalue weighted by atomic mass is 32.2. The van der Waals surface area contributed by atoms with Gasteiger partial charge in [0.15, 0.2) is 0 Å². The van der Waals surface area contributed by atoms with Crippen LogP contribution in [-0.2, 0) is 11.2 Å². The zero-order chi connectivity index (χ0) is 16.8. The summed E-state index contributed by atoms with van der Waals surface area (Å²) in [5.41, 5.74) is 12.3.